The molecule has 1 aliphatic rings. The molecule has 0 unspecified atom stereocenters. The quantitative estimate of drug-likeness (QED) is 0.326. The van der Waals surface area contributed by atoms with E-state index in [-0.39, 0.29) is 18.4 Å². The van der Waals surface area contributed by atoms with Crippen LogP contribution in [0.1, 0.15) is 5.56 Å². The lowest BCUT2D eigenvalue weighted by Gasteiger charge is -2.14. The Morgan fingerprint density at radius 3 is 1.62 bits per heavy atom. The number of carbonyl (C=O) groups is 2. The number of hydrogen-bond donors (Lipinski definition) is 2. The van der Waals surface area contributed by atoms with Crippen LogP contribution in [-0.2, 0) is 16.1 Å². The molecule has 0 saturated heterocycles. The number of benzene rings is 3. The third kappa shape index (κ3) is 3.78. The molecule has 3 aromatic carbocycles. The van der Waals surface area contributed by atoms with E-state index >= 15 is 0 Å². The van der Waals surface area contributed by atoms with Crippen LogP contribution in [0.25, 0.3) is 22.1 Å². The molecular formula is C25H17N5O2S2. The molecule has 0 radical (unpaired) electrons. The van der Waals surface area contributed by atoms with Crippen molar-refractivity contribution in [2.45, 2.75) is 16.9 Å². The predicted molar refractivity (Wildman–Crippen MR) is 133 cm³/mol. The fourth-order valence-corrected chi connectivity index (χ4v) is 5.77. The van der Waals surface area contributed by atoms with Crippen LogP contribution in [0.15, 0.2) is 99.0 Å². The molecule has 2 amide bonds. The Morgan fingerprint density at radius 2 is 1.12 bits per heavy atom. The Kier molecular flexibility index (Phi) is 5.20. The second-order valence-electron chi connectivity index (χ2n) is 7.66. The predicted octanol–water partition coefficient (Wildman–Crippen LogP) is 5.10. The number of imide groups is 1. The maximum Gasteiger partial charge on any atom is 0.269 e. The van der Waals surface area contributed by atoms with Gasteiger partial charge in [0.05, 0.1) is 28.6 Å². The summed E-state index contributed by atoms with van der Waals surface area (Å²) in [6.45, 7) is 0.201. The maximum atomic E-state index is 13.5. The number of rotatable bonds is 6. The van der Waals surface area contributed by atoms with Crippen molar-refractivity contribution in [3.63, 3.8) is 0 Å². The molecule has 0 spiro atoms. The minimum atomic E-state index is -0.335. The van der Waals surface area contributed by atoms with Gasteiger partial charge in [-0.1, -0.05) is 54.6 Å². The largest absolute Gasteiger partial charge is 0.333 e. The van der Waals surface area contributed by atoms with Gasteiger partial charge in [-0.3, -0.25) is 14.5 Å². The van der Waals surface area contributed by atoms with E-state index in [9.17, 15) is 9.59 Å². The molecule has 0 aliphatic carbocycles. The van der Waals surface area contributed by atoms with Gasteiger partial charge < -0.3 is 9.97 Å². The van der Waals surface area contributed by atoms with Gasteiger partial charge in [0.25, 0.3) is 11.8 Å². The molecule has 1 aliphatic heterocycles. The van der Waals surface area contributed by atoms with Crippen molar-refractivity contribution in [2.24, 2.45) is 0 Å². The van der Waals surface area contributed by atoms with E-state index in [1.54, 1.807) is 0 Å². The summed E-state index contributed by atoms with van der Waals surface area (Å²) in [5.74, 6) is -0.671. The van der Waals surface area contributed by atoms with Gasteiger partial charge in [0.2, 0.25) is 0 Å². The fraction of sp³-hybridized carbons (Fsp3) is 0.0400. The lowest BCUT2D eigenvalue weighted by molar-refractivity contribution is -0.137. The molecule has 0 saturated carbocycles. The average Bonchev–Trinajstić information content (AvgIpc) is 3.52. The zero-order valence-electron chi connectivity index (χ0n) is 17.7. The van der Waals surface area contributed by atoms with Crippen molar-refractivity contribution in [1.29, 1.82) is 0 Å². The lowest BCUT2D eigenvalue weighted by Crippen LogP contribution is -2.30. The van der Waals surface area contributed by atoms with Crippen molar-refractivity contribution in [1.82, 2.24) is 24.8 Å². The van der Waals surface area contributed by atoms with Crippen LogP contribution in [0, 0.1) is 0 Å². The van der Waals surface area contributed by atoms with Crippen LogP contribution >= 0.6 is 23.5 Å². The molecule has 6 rings (SSSR count). The van der Waals surface area contributed by atoms with Gasteiger partial charge in [-0.2, -0.15) is 0 Å². The van der Waals surface area contributed by atoms with E-state index in [4.69, 9.17) is 0 Å². The molecule has 7 nitrogen and oxygen atoms in total. The van der Waals surface area contributed by atoms with Crippen LogP contribution < -0.4 is 0 Å². The monoisotopic (exact) mass is 483 g/mol. The van der Waals surface area contributed by atoms with E-state index in [2.05, 4.69) is 19.9 Å². The Hall–Kier alpha value is -3.82. The van der Waals surface area contributed by atoms with Crippen LogP contribution in [-0.4, -0.2) is 36.7 Å². The number of hydrogen-bond acceptors (Lipinski definition) is 6. The van der Waals surface area contributed by atoms with E-state index in [0.29, 0.717) is 20.1 Å². The Labute approximate surface area is 202 Å². The molecule has 34 heavy (non-hydrogen) atoms. The summed E-state index contributed by atoms with van der Waals surface area (Å²) in [5, 5.41) is 1.11. The highest BCUT2D eigenvalue weighted by molar-refractivity contribution is 8.08. The number of thioether (sulfide) groups is 2. The Bertz CT molecular complexity index is 1420. The van der Waals surface area contributed by atoms with Crippen molar-refractivity contribution in [3.8, 4) is 0 Å². The van der Waals surface area contributed by atoms with Crippen molar-refractivity contribution in [2.75, 3.05) is 0 Å². The van der Waals surface area contributed by atoms with Gasteiger partial charge in [-0.15, -0.1) is 0 Å². The summed E-state index contributed by atoms with van der Waals surface area (Å²) in [5.41, 5.74) is 4.22. The van der Waals surface area contributed by atoms with Gasteiger partial charge in [0.15, 0.2) is 10.3 Å². The summed E-state index contributed by atoms with van der Waals surface area (Å²) in [7, 11) is 0. The number of fused-ring (bicyclic) bond motifs is 2. The van der Waals surface area contributed by atoms with Gasteiger partial charge in [0, 0.05) is 0 Å². The van der Waals surface area contributed by atoms with Crippen molar-refractivity contribution in [3.05, 3.63) is 94.2 Å². The summed E-state index contributed by atoms with van der Waals surface area (Å²) < 4.78 is 0. The fourth-order valence-electron chi connectivity index (χ4n) is 3.77. The first-order valence-corrected chi connectivity index (χ1v) is 12.2. The molecule has 0 fully saturated rings. The number of aromatic amines is 2. The zero-order valence-corrected chi connectivity index (χ0v) is 19.3. The summed E-state index contributed by atoms with van der Waals surface area (Å²) >= 11 is 2.35. The number of nitrogens with one attached hydrogen (secondary N) is 2. The zero-order chi connectivity index (χ0) is 23.1. The van der Waals surface area contributed by atoms with Gasteiger partial charge in [-0.05, 0) is 53.4 Å². The van der Waals surface area contributed by atoms with E-state index in [1.807, 2.05) is 78.9 Å². The molecule has 5 aromatic rings. The molecule has 166 valence electrons. The van der Waals surface area contributed by atoms with Crippen LogP contribution in [0.3, 0.4) is 0 Å². The molecular weight excluding hydrogens is 466 g/mol. The summed E-state index contributed by atoms with van der Waals surface area (Å²) in [6.07, 6.45) is 0. The van der Waals surface area contributed by atoms with Gasteiger partial charge >= 0.3 is 0 Å². The van der Waals surface area contributed by atoms with Crippen LogP contribution in [0.2, 0.25) is 0 Å². The van der Waals surface area contributed by atoms with Crippen LogP contribution in [0.5, 0.6) is 0 Å². The smallest absolute Gasteiger partial charge is 0.269 e. The maximum absolute atomic E-state index is 13.5. The number of nitrogens with zero attached hydrogens (tertiary/aromatic N) is 3. The summed E-state index contributed by atoms with van der Waals surface area (Å²) in [6, 6.07) is 24.8. The van der Waals surface area contributed by atoms with Crippen LogP contribution in [0.4, 0.5) is 0 Å². The van der Waals surface area contributed by atoms with Gasteiger partial charge in [0.1, 0.15) is 9.81 Å². The number of aromatic nitrogens is 4. The summed E-state index contributed by atoms with van der Waals surface area (Å²) in [4.78, 5) is 44.5. The highest BCUT2D eigenvalue weighted by Gasteiger charge is 2.40. The van der Waals surface area contributed by atoms with E-state index in [1.165, 1.54) is 28.4 Å². The topological polar surface area (TPSA) is 94.7 Å². The Balaban J connectivity index is 1.38. The minimum absolute atomic E-state index is 0.201. The highest BCUT2D eigenvalue weighted by atomic mass is 32.2. The van der Waals surface area contributed by atoms with E-state index < -0.39 is 0 Å². The lowest BCUT2D eigenvalue weighted by atomic mass is 10.2. The average molecular weight is 484 g/mol. The second-order valence-corrected chi connectivity index (χ2v) is 9.66. The van der Waals surface area contributed by atoms with Crippen molar-refractivity contribution < 1.29 is 9.59 Å². The van der Waals surface area contributed by atoms with E-state index in [0.717, 1.165) is 27.6 Å². The minimum Gasteiger partial charge on any atom is -0.333 e. The van der Waals surface area contributed by atoms with Gasteiger partial charge in [-0.25, -0.2) is 9.97 Å². The first kappa shape index (κ1) is 20.8. The standard InChI is InChI=1S/C25H17N5O2S2/c31-22-20(33-24-26-16-10-4-5-11-17(16)27-24)21(23(32)30(22)14-15-8-2-1-3-9-15)34-25-28-18-12-6-7-13-19(18)29-25/h1-13H,14H2,(H,26,27)(H,28,29). The molecule has 2 N–H and O–H groups in total. The number of amides is 2. The number of carbonyl (C=O) groups excluding carboxylic acids is 2. The third-order valence-corrected chi connectivity index (χ3v) is 7.47. The SMILES string of the molecule is O=C1C(Sc2nc3ccccc3[nH]2)=C(Sc2nc3ccccc3[nH]2)C(=O)N1Cc1ccccc1. The normalized spacial score (nSPS) is 14.2. The molecule has 0 bridgehead atoms. The molecule has 2 aromatic heterocycles. The number of para-hydroxylation sites is 4. The first-order valence-electron chi connectivity index (χ1n) is 10.6. The molecule has 9 heteroatoms. The number of imidazole rings is 2. The number of H-pyrrole nitrogens is 2. The highest BCUT2D eigenvalue weighted by Crippen LogP contribution is 2.42. The third-order valence-electron chi connectivity index (χ3n) is 5.40. The van der Waals surface area contributed by atoms with Crippen molar-refractivity contribution >= 4 is 57.4 Å². The second kappa shape index (κ2) is 8.51. The first-order chi connectivity index (χ1) is 16.7. The Morgan fingerprint density at radius 1 is 0.647 bits per heavy atom. The molecule has 3 heterocycles. The molecule has 0 atom stereocenters.